The number of hydrogen-bond acceptors (Lipinski definition) is 8. The number of benzene rings is 2. The molecule has 3 aromatic rings. The van der Waals surface area contributed by atoms with Gasteiger partial charge in [0, 0.05) is 23.9 Å². The highest BCUT2D eigenvalue weighted by molar-refractivity contribution is 7.89. The molecule has 0 bridgehead atoms. The number of ketones is 1. The van der Waals surface area contributed by atoms with E-state index in [0.29, 0.717) is 45.7 Å². The fourth-order valence-corrected chi connectivity index (χ4v) is 6.57. The first-order valence-electron chi connectivity index (χ1n) is 13.4. The van der Waals surface area contributed by atoms with Crippen molar-refractivity contribution >= 4 is 27.3 Å². The quantitative estimate of drug-likeness (QED) is 0.350. The summed E-state index contributed by atoms with van der Waals surface area (Å²) in [6.45, 7) is 4.13. The minimum atomic E-state index is -3.96. The summed E-state index contributed by atoms with van der Waals surface area (Å²) in [6.07, 6.45) is -0.297. The van der Waals surface area contributed by atoms with Crippen LogP contribution in [-0.2, 0) is 41.3 Å². The zero-order valence-electron chi connectivity index (χ0n) is 22.7. The Kier molecular flexibility index (Phi) is 8.43. The molecular weight excluding hydrogens is 546 g/mol. The lowest BCUT2D eigenvalue weighted by atomic mass is 9.83. The molecule has 0 saturated heterocycles. The second-order valence-corrected chi connectivity index (χ2v) is 11.5. The van der Waals surface area contributed by atoms with Crippen LogP contribution >= 0.6 is 0 Å². The van der Waals surface area contributed by atoms with Crippen LogP contribution in [0.15, 0.2) is 78.5 Å². The molecule has 0 spiro atoms. The summed E-state index contributed by atoms with van der Waals surface area (Å²) in [6, 6.07) is 17.9. The van der Waals surface area contributed by atoms with Gasteiger partial charge in [-0.2, -0.15) is 0 Å². The molecule has 0 fully saturated rings. The fraction of sp³-hybridized carbons (Fsp3) is 0.300. The number of pyridine rings is 1. The molecule has 0 saturated carbocycles. The molecule has 1 amide bonds. The highest BCUT2D eigenvalue weighted by Gasteiger charge is 2.51. The summed E-state index contributed by atoms with van der Waals surface area (Å²) < 4.78 is 39.1. The summed E-state index contributed by atoms with van der Waals surface area (Å²) in [5, 5.41) is 13.5. The highest BCUT2D eigenvalue weighted by atomic mass is 32.2. The normalized spacial score (nSPS) is 21.9. The Morgan fingerprint density at radius 1 is 0.951 bits per heavy atom. The zero-order chi connectivity index (χ0) is 29.1. The van der Waals surface area contributed by atoms with Crippen molar-refractivity contribution < 1.29 is 32.5 Å². The number of nitrogens with zero attached hydrogens (tertiary/aromatic N) is 1. The van der Waals surface area contributed by atoms with E-state index in [1.165, 1.54) is 0 Å². The van der Waals surface area contributed by atoms with E-state index in [1.807, 2.05) is 6.07 Å². The Bertz CT molecular complexity index is 1570. The maximum atomic E-state index is 13.8. The molecule has 5 rings (SSSR count). The average molecular weight is 578 g/mol. The number of fused-ring (bicyclic) bond motifs is 2. The third-order valence-corrected chi connectivity index (χ3v) is 8.33. The Labute approximate surface area is 238 Å². The van der Waals surface area contributed by atoms with E-state index in [2.05, 4.69) is 9.71 Å². The van der Waals surface area contributed by atoms with Gasteiger partial charge in [0.05, 0.1) is 35.6 Å². The molecular formula is C30H31N3O7S. The number of hydrogen-bond donors (Lipinski definition) is 2. The number of amides is 1. The van der Waals surface area contributed by atoms with Gasteiger partial charge in [-0.15, -0.1) is 0 Å². The van der Waals surface area contributed by atoms with E-state index >= 15 is 0 Å². The van der Waals surface area contributed by atoms with E-state index in [0.717, 1.165) is 0 Å². The maximum absolute atomic E-state index is 13.8. The van der Waals surface area contributed by atoms with Crippen molar-refractivity contribution in [2.24, 2.45) is 0 Å². The highest BCUT2D eigenvalue weighted by Crippen LogP contribution is 2.44. The molecule has 41 heavy (non-hydrogen) atoms. The summed E-state index contributed by atoms with van der Waals surface area (Å²) >= 11 is 0. The Morgan fingerprint density at radius 3 is 2.34 bits per heavy atom. The summed E-state index contributed by atoms with van der Waals surface area (Å²) in [5.74, 6) is -1.36. The van der Waals surface area contributed by atoms with Gasteiger partial charge in [-0.3, -0.25) is 19.3 Å². The van der Waals surface area contributed by atoms with Gasteiger partial charge >= 0.3 is 0 Å². The molecule has 1 aliphatic carbocycles. The number of sulfonamides is 1. The van der Waals surface area contributed by atoms with Gasteiger partial charge in [-0.25, -0.2) is 8.42 Å². The van der Waals surface area contributed by atoms with Crippen molar-refractivity contribution in [2.45, 2.75) is 44.4 Å². The molecule has 2 aliphatic rings. The average Bonchev–Trinajstić information content (AvgIpc) is 3.23. The van der Waals surface area contributed by atoms with Gasteiger partial charge < -0.3 is 19.7 Å². The van der Waals surface area contributed by atoms with Crippen LogP contribution in [0.5, 0.6) is 0 Å². The number of quaternary nitrogens is 1. The van der Waals surface area contributed by atoms with Crippen LogP contribution in [0.25, 0.3) is 5.57 Å². The van der Waals surface area contributed by atoms with Gasteiger partial charge in [0.15, 0.2) is 5.78 Å². The summed E-state index contributed by atoms with van der Waals surface area (Å²) in [4.78, 5) is 30.6. The molecule has 2 heterocycles. The Hall–Kier alpha value is -3.74. The van der Waals surface area contributed by atoms with Crippen LogP contribution in [0.4, 0.5) is 0 Å². The molecule has 11 heteroatoms. The molecule has 1 aromatic heterocycles. The predicted octanol–water partition coefficient (Wildman–Crippen LogP) is 2.18. The van der Waals surface area contributed by atoms with Gasteiger partial charge in [-0.05, 0) is 31.0 Å². The lowest BCUT2D eigenvalue weighted by Crippen LogP contribution is -3.10. The number of hydroxylamine groups is 2. The Morgan fingerprint density at radius 2 is 1.66 bits per heavy atom. The van der Waals surface area contributed by atoms with E-state index in [-0.39, 0.29) is 23.9 Å². The number of nitrogens with one attached hydrogen (secondary N) is 2. The minimum Gasteiger partial charge on any atom is -0.631 e. The standard InChI is InChI=1S/C30H31N3O7S/c1-3-39-29-22-11-8-16-31-26(22)24-25(28(29)35)27(33(36)30(24)40-4-2)21-14-12-20(13-15-21)18-41(37,38)32-23(34)17-19-9-6-5-7-10-19/h5-16,27,29-30,33H,3-4,17-18H2,1-2H3,(H,32,34). The van der Waals surface area contributed by atoms with E-state index in [9.17, 15) is 23.2 Å². The number of carbonyl (C=O) groups is 2. The topological polar surface area (TPSA) is 139 Å². The molecule has 0 radical (unpaired) electrons. The number of ether oxygens (including phenoxy) is 2. The number of Topliss-reactive ketones (excluding diaryl/α,β-unsaturated/α-hetero) is 1. The molecule has 4 atom stereocenters. The van der Waals surface area contributed by atoms with Crippen molar-refractivity contribution in [1.82, 2.24) is 9.71 Å². The van der Waals surface area contributed by atoms with Crippen molar-refractivity contribution in [2.75, 3.05) is 13.2 Å². The Balaban J connectivity index is 1.41. The van der Waals surface area contributed by atoms with E-state index < -0.39 is 40.1 Å². The predicted molar refractivity (Wildman–Crippen MR) is 150 cm³/mol. The fourth-order valence-electron chi connectivity index (χ4n) is 5.44. The number of carbonyl (C=O) groups excluding carboxylic acids is 2. The van der Waals surface area contributed by atoms with Gasteiger partial charge in [0.2, 0.25) is 22.2 Å². The number of aromatic nitrogens is 1. The zero-order valence-corrected chi connectivity index (χ0v) is 23.5. The van der Waals surface area contributed by atoms with Crippen LogP contribution in [-0.4, -0.2) is 44.5 Å². The summed E-state index contributed by atoms with van der Waals surface area (Å²) in [5.41, 5.74) is 3.53. The van der Waals surface area contributed by atoms with Crippen LogP contribution in [0.2, 0.25) is 0 Å². The largest absolute Gasteiger partial charge is 0.631 e. The van der Waals surface area contributed by atoms with Crippen LogP contribution in [0.1, 0.15) is 53.9 Å². The first kappa shape index (κ1) is 28.8. The van der Waals surface area contributed by atoms with Crippen molar-refractivity contribution in [3.05, 3.63) is 112 Å². The van der Waals surface area contributed by atoms with Crippen molar-refractivity contribution in [3.63, 3.8) is 0 Å². The molecule has 2 aromatic carbocycles. The van der Waals surface area contributed by atoms with Crippen molar-refractivity contribution in [3.8, 4) is 0 Å². The SMILES string of the molecule is CCOC1C(=O)C2=C(c3ncccc31)C(OCC)[NH+]([O-])C2c1ccc(CS(=O)(=O)NC(=O)Cc2ccccc2)cc1. The first-order valence-corrected chi connectivity index (χ1v) is 15.1. The monoisotopic (exact) mass is 577 g/mol. The summed E-state index contributed by atoms with van der Waals surface area (Å²) in [7, 11) is -3.96. The van der Waals surface area contributed by atoms with Crippen LogP contribution in [0, 0.1) is 5.21 Å². The first-order chi connectivity index (χ1) is 19.7. The third kappa shape index (κ3) is 5.85. The van der Waals surface area contributed by atoms with Crippen molar-refractivity contribution in [1.29, 1.82) is 0 Å². The molecule has 10 nitrogen and oxygen atoms in total. The van der Waals surface area contributed by atoms with Gasteiger partial charge in [0.25, 0.3) is 0 Å². The third-order valence-electron chi connectivity index (χ3n) is 7.08. The molecule has 214 valence electrons. The van der Waals surface area contributed by atoms with E-state index in [1.54, 1.807) is 80.7 Å². The smallest absolute Gasteiger partial charge is 0.239 e. The molecule has 1 aliphatic heterocycles. The molecule has 2 N–H and O–H groups in total. The number of rotatable bonds is 10. The lowest BCUT2D eigenvalue weighted by molar-refractivity contribution is -0.909. The van der Waals surface area contributed by atoms with Crippen LogP contribution in [0.3, 0.4) is 0 Å². The van der Waals surface area contributed by atoms with Gasteiger partial charge in [0.1, 0.15) is 12.1 Å². The van der Waals surface area contributed by atoms with Gasteiger partial charge in [-0.1, -0.05) is 60.7 Å². The molecule has 4 unspecified atom stereocenters. The van der Waals surface area contributed by atoms with E-state index in [4.69, 9.17) is 9.47 Å². The second kappa shape index (κ2) is 12.0. The second-order valence-electron chi connectivity index (χ2n) is 9.83. The van der Waals surface area contributed by atoms with Crippen LogP contribution < -0.4 is 9.79 Å². The lowest BCUT2D eigenvalue weighted by Gasteiger charge is -2.31. The maximum Gasteiger partial charge on any atom is 0.239 e. The minimum absolute atomic E-state index is 0.0595.